The smallest absolute Gasteiger partial charge is 0.305 e. The zero-order chi connectivity index (χ0) is 26.9. The second-order valence-electron chi connectivity index (χ2n) is 9.92. The summed E-state index contributed by atoms with van der Waals surface area (Å²) in [6.07, 6.45) is 1.28. The van der Waals surface area contributed by atoms with Crippen molar-refractivity contribution >= 4 is 47.1 Å². The van der Waals surface area contributed by atoms with Crippen molar-refractivity contribution in [1.82, 2.24) is 10.6 Å². The van der Waals surface area contributed by atoms with E-state index >= 15 is 0 Å². The topological polar surface area (TPSA) is 122 Å². The number of benzene rings is 2. The predicted octanol–water partition coefficient (Wildman–Crippen LogP) is 2.46. The molecule has 10 heteroatoms. The molecular formula is C28H30N2O6S2. The number of Topliss-reactive ketones (excluding diaryl/α,β-unsaturated/α-hetero) is 1. The molecule has 1 aliphatic carbocycles. The molecule has 1 saturated carbocycles. The molecule has 2 heterocycles. The Hall–Kier alpha value is -2.82. The van der Waals surface area contributed by atoms with Crippen LogP contribution in [0.1, 0.15) is 40.0 Å². The number of carbonyl (C=O) groups is 4. The number of fused-ring (bicyclic) bond motifs is 4. The molecule has 3 N–H and O–H groups in total. The highest BCUT2D eigenvalue weighted by molar-refractivity contribution is 8.02. The number of amides is 2. The van der Waals surface area contributed by atoms with E-state index in [-0.39, 0.29) is 35.8 Å². The van der Waals surface area contributed by atoms with Crippen molar-refractivity contribution in [3.63, 3.8) is 0 Å². The number of rotatable bonds is 8. The van der Waals surface area contributed by atoms with Gasteiger partial charge in [-0.15, -0.1) is 11.8 Å². The van der Waals surface area contributed by atoms with Gasteiger partial charge in [-0.05, 0) is 43.0 Å². The first-order valence-electron chi connectivity index (χ1n) is 12.6. The minimum atomic E-state index is -1.72. The molecule has 2 aliphatic heterocycles. The van der Waals surface area contributed by atoms with Crippen LogP contribution in [-0.4, -0.2) is 75.0 Å². The van der Waals surface area contributed by atoms with Crippen LogP contribution >= 0.6 is 23.5 Å². The fraction of sp³-hybridized carbons (Fsp3) is 0.429. The van der Waals surface area contributed by atoms with E-state index in [1.54, 1.807) is 54.6 Å². The Kier molecular flexibility index (Phi) is 7.57. The average Bonchev–Trinajstić information content (AvgIpc) is 3.42. The maximum Gasteiger partial charge on any atom is 0.305 e. The van der Waals surface area contributed by atoms with Crippen LogP contribution in [-0.2, 0) is 14.3 Å². The third kappa shape index (κ3) is 4.42. The molecule has 38 heavy (non-hydrogen) atoms. The first kappa shape index (κ1) is 26.8. The van der Waals surface area contributed by atoms with E-state index in [2.05, 4.69) is 10.6 Å². The Balaban J connectivity index is 1.49. The van der Waals surface area contributed by atoms with E-state index in [0.717, 1.165) is 0 Å². The van der Waals surface area contributed by atoms with Crippen LogP contribution in [0.25, 0.3) is 0 Å². The molecule has 2 bridgehead atoms. The van der Waals surface area contributed by atoms with Gasteiger partial charge >= 0.3 is 5.97 Å². The van der Waals surface area contributed by atoms with Crippen LogP contribution in [0.15, 0.2) is 60.7 Å². The summed E-state index contributed by atoms with van der Waals surface area (Å²) in [5.74, 6) is -0.976. The van der Waals surface area contributed by atoms with Crippen LogP contribution < -0.4 is 10.6 Å². The van der Waals surface area contributed by atoms with Crippen LogP contribution in [0.3, 0.4) is 0 Å². The van der Waals surface area contributed by atoms with E-state index in [1.165, 1.54) is 30.6 Å². The summed E-state index contributed by atoms with van der Waals surface area (Å²) in [6.45, 7) is 0. The SMILES string of the molecule is COC(=O)CCC[C@H]1[C@H]2SC[C@H](NC(=O)c3ccccc3)[C@]2(O)[C@]2(NC(=O)c3ccccc3)CS[C@H]1C2=O. The summed E-state index contributed by atoms with van der Waals surface area (Å²) in [4.78, 5) is 52.3. The number of nitrogens with one attached hydrogen (secondary N) is 2. The Morgan fingerprint density at radius 2 is 1.63 bits per heavy atom. The van der Waals surface area contributed by atoms with Crippen molar-refractivity contribution < 1.29 is 29.0 Å². The number of hydrogen-bond acceptors (Lipinski definition) is 8. The molecule has 2 aromatic rings. The summed E-state index contributed by atoms with van der Waals surface area (Å²) in [7, 11) is 1.34. The molecule has 0 aromatic heterocycles. The number of esters is 1. The maximum absolute atomic E-state index is 14.1. The first-order chi connectivity index (χ1) is 18.3. The Bertz CT molecular complexity index is 1230. The van der Waals surface area contributed by atoms with Crippen LogP contribution in [0.4, 0.5) is 0 Å². The molecule has 8 nitrogen and oxygen atoms in total. The summed E-state index contributed by atoms with van der Waals surface area (Å²) < 4.78 is 4.77. The molecule has 0 radical (unpaired) electrons. The van der Waals surface area contributed by atoms with Crippen LogP contribution in [0.2, 0.25) is 0 Å². The molecule has 3 fully saturated rings. The molecule has 5 rings (SSSR count). The molecule has 0 spiro atoms. The lowest BCUT2D eigenvalue weighted by atomic mass is 9.61. The highest BCUT2D eigenvalue weighted by atomic mass is 32.2. The summed E-state index contributed by atoms with van der Waals surface area (Å²) in [5, 5.41) is 17.7. The number of aliphatic hydroxyl groups is 1. The average molecular weight is 555 g/mol. The van der Waals surface area contributed by atoms with E-state index in [4.69, 9.17) is 4.74 Å². The van der Waals surface area contributed by atoms with E-state index in [0.29, 0.717) is 29.7 Å². The highest BCUT2D eigenvalue weighted by Crippen LogP contribution is 2.59. The zero-order valence-electron chi connectivity index (χ0n) is 20.9. The largest absolute Gasteiger partial charge is 0.469 e. The van der Waals surface area contributed by atoms with Gasteiger partial charge in [0.25, 0.3) is 11.8 Å². The molecular weight excluding hydrogens is 524 g/mol. The van der Waals surface area contributed by atoms with Crippen molar-refractivity contribution in [2.24, 2.45) is 5.92 Å². The van der Waals surface area contributed by atoms with Crippen molar-refractivity contribution in [3.8, 4) is 0 Å². The number of carbonyl (C=O) groups excluding carboxylic acids is 4. The third-order valence-electron chi connectivity index (χ3n) is 7.88. The standard InChI is InChI=1S/C28H30N2O6S2/c1-36-21(31)14-8-13-19-22-23(32)27(16-38-22,30-26(34)18-11-6-3-7-12-18)28(35)20(15-37-24(19)28)29-25(33)17-9-4-2-5-10-17/h2-7,9-12,19-20,22,24,35H,8,13-16H2,1H3,(H,29,33)(H,30,34)/t19-,20+,22-,24-,27+,28-/m1/s1. The Morgan fingerprint density at radius 1 is 1.00 bits per heavy atom. The van der Waals surface area contributed by atoms with Crippen molar-refractivity contribution in [2.45, 2.75) is 46.9 Å². The molecule has 2 amide bonds. The van der Waals surface area contributed by atoms with Gasteiger partial charge in [-0.25, -0.2) is 0 Å². The number of hydrogen-bond donors (Lipinski definition) is 3. The number of ether oxygens (including phenoxy) is 1. The summed E-state index contributed by atoms with van der Waals surface area (Å²) in [5.41, 5.74) is -2.45. The second kappa shape index (κ2) is 10.7. The molecule has 6 atom stereocenters. The second-order valence-corrected chi connectivity index (χ2v) is 12.2. The van der Waals surface area contributed by atoms with Crippen molar-refractivity contribution in [1.29, 1.82) is 0 Å². The van der Waals surface area contributed by atoms with Gasteiger partial charge in [0.05, 0.1) is 18.4 Å². The zero-order valence-corrected chi connectivity index (χ0v) is 22.6. The molecule has 200 valence electrons. The minimum Gasteiger partial charge on any atom is -0.469 e. The normalized spacial score (nSPS) is 31.4. The molecule has 0 unspecified atom stereocenters. The summed E-state index contributed by atoms with van der Waals surface area (Å²) >= 11 is 2.95. The van der Waals surface area contributed by atoms with Crippen LogP contribution in [0.5, 0.6) is 0 Å². The van der Waals surface area contributed by atoms with Gasteiger partial charge in [-0.1, -0.05) is 36.4 Å². The lowest BCUT2D eigenvalue weighted by Crippen LogP contribution is -2.80. The Labute approximate surface area is 229 Å². The summed E-state index contributed by atoms with van der Waals surface area (Å²) in [6, 6.07) is 16.5. The van der Waals surface area contributed by atoms with Gasteiger partial charge in [0, 0.05) is 34.3 Å². The minimum absolute atomic E-state index is 0.202. The Morgan fingerprint density at radius 3 is 2.26 bits per heavy atom. The number of methoxy groups -OCH3 is 1. The van der Waals surface area contributed by atoms with Gasteiger partial charge in [-0.2, -0.15) is 11.8 Å². The fourth-order valence-corrected chi connectivity index (χ4v) is 9.72. The number of thioether (sulfide) groups is 2. The molecule has 2 aromatic carbocycles. The molecule has 3 aliphatic rings. The molecule has 2 saturated heterocycles. The van der Waals surface area contributed by atoms with E-state index < -0.39 is 33.6 Å². The monoisotopic (exact) mass is 554 g/mol. The lowest BCUT2D eigenvalue weighted by Gasteiger charge is -2.52. The third-order valence-corrected chi connectivity index (χ3v) is 11.0. The first-order valence-corrected chi connectivity index (χ1v) is 14.7. The quantitative estimate of drug-likeness (QED) is 0.426. The fourth-order valence-electron chi connectivity index (χ4n) is 5.96. The van der Waals surface area contributed by atoms with Gasteiger partial charge in [0.1, 0.15) is 11.1 Å². The van der Waals surface area contributed by atoms with Crippen LogP contribution in [0, 0.1) is 5.92 Å². The van der Waals surface area contributed by atoms with Gasteiger partial charge in [-0.3, -0.25) is 19.2 Å². The van der Waals surface area contributed by atoms with Gasteiger partial charge < -0.3 is 20.5 Å². The number of ketones is 1. The van der Waals surface area contributed by atoms with Gasteiger partial charge in [0.15, 0.2) is 5.78 Å². The van der Waals surface area contributed by atoms with E-state index in [1.807, 2.05) is 6.07 Å². The lowest BCUT2D eigenvalue weighted by molar-refractivity contribution is -0.145. The van der Waals surface area contributed by atoms with Gasteiger partial charge in [0.2, 0.25) is 0 Å². The van der Waals surface area contributed by atoms with Crippen molar-refractivity contribution in [2.75, 3.05) is 18.6 Å². The van der Waals surface area contributed by atoms with Crippen molar-refractivity contribution in [3.05, 3.63) is 71.8 Å². The predicted molar refractivity (Wildman–Crippen MR) is 146 cm³/mol. The maximum atomic E-state index is 14.1. The highest BCUT2D eigenvalue weighted by Gasteiger charge is 2.75. The van der Waals surface area contributed by atoms with E-state index in [9.17, 15) is 24.3 Å².